The molecule has 0 unspecified atom stereocenters. The number of phenolic OH excluding ortho intramolecular Hbond substituents is 1. The summed E-state index contributed by atoms with van der Waals surface area (Å²) < 4.78 is 5.02. The number of aromatic nitrogens is 1. The molecule has 0 radical (unpaired) electrons. The number of phenols is 1. The summed E-state index contributed by atoms with van der Waals surface area (Å²) in [5, 5.41) is 21.7. The van der Waals surface area contributed by atoms with E-state index in [1.165, 1.54) is 6.20 Å². The van der Waals surface area contributed by atoms with E-state index in [0.717, 1.165) is 5.56 Å². The molecule has 0 aliphatic heterocycles. The maximum atomic E-state index is 9.11. The standard InChI is InChI=1S/C11H11NO3/c13-7-9-6-12-15-11(9)5-8-1-3-10(14)4-2-8/h1-4,6,13-14H,5,7H2. The Labute approximate surface area is 86.8 Å². The first-order valence-corrected chi connectivity index (χ1v) is 4.61. The van der Waals surface area contributed by atoms with Crippen LogP contribution in [0.4, 0.5) is 0 Å². The van der Waals surface area contributed by atoms with Gasteiger partial charge in [0, 0.05) is 12.0 Å². The van der Waals surface area contributed by atoms with Crippen molar-refractivity contribution in [3.05, 3.63) is 47.3 Å². The number of benzene rings is 1. The van der Waals surface area contributed by atoms with E-state index in [4.69, 9.17) is 14.7 Å². The summed E-state index contributed by atoms with van der Waals surface area (Å²) in [5.74, 6) is 0.891. The predicted octanol–water partition coefficient (Wildman–Crippen LogP) is 1.46. The first kappa shape index (κ1) is 9.73. The van der Waals surface area contributed by atoms with Gasteiger partial charge < -0.3 is 14.7 Å². The molecule has 78 valence electrons. The minimum Gasteiger partial charge on any atom is -0.508 e. The predicted molar refractivity (Wildman–Crippen MR) is 53.3 cm³/mol. The van der Waals surface area contributed by atoms with Crippen LogP contribution in [0.1, 0.15) is 16.9 Å². The second kappa shape index (κ2) is 4.14. The van der Waals surface area contributed by atoms with Gasteiger partial charge in [-0.2, -0.15) is 0 Å². The smallest absolute Gasteiger partial charge is 0.146 e. The first-order chi connectivity index (χ1) is 7.29. The van der Waals surface area contributed by atoms with Crippen molar-refractivity contribution in [1.82, 2.24) is 5.16 Å². The van der Waals surface area contributed by atoms with Crippen LogP contribution < -0.4 is 0 Å². The van der Waals surface area contributed by atoms with E-state index < -0.39 is 0 Å². The van der Waals surface area contributed by atoms with Crippen LogP contribution in [-0.2, 0) is 13.0 Å². The normalized spacial score (nSPS) is 10.5. The zero-order chi connectivity index (χ0) is 10.7. The molecule has 1 heterocycles. The molecular weight excluding hydrogens is 194 g/mol. The quantitative estimate of drug-likeness (QED) is 0.796. The Morgan fingerprint density at radius 3 is 2.60 bits per heavy atom. The van der Waals surface area contributed by atoms with Crippen molar-refractivity contribution in [1.29, 1.82) is 0 Å². The Morgan fingerprint density at radius 2 is 1.93 bits per heavy atom. The third kappa shape index (κ3) is 2.16. The number of rotatable bonds is 3. The summed E-state index contributed by atoms with van der Waals surface area (Å²) in [7, 11) is 0. The molecule has 0 atom stereocenters. The summed E-state index contributed by atoms with van der Waals surface area (Å²) in [6.45, 7) is -0.0725. The van der Waals surface area contributed by atoms with E-state index in [0.29, 0.717) is 17.7 Å². The molecule has 0 bridgehead atoms. The summed E-state index contributed by atoms with van der Waals surface area (Å²) in [4.78, 5) is 0. The summed E-state index contributed by atoms with van der Waals surface area (Å²) in [6.07, 6.45) is 2.08. The Kier molecular flexibility index (Phi) is 2.69. The lowest BCUT2D eigenvalue weighted by atomic mass is 10.1. The maximum Gasteiger partial charge on any atom is 0.146 e. The van der Waals surface area contributed by atoms with Gasteiger partial charge in [0.05, 0.1) is 12.8 Å². The highest BCUT2D eigenvalue weighted by Gasteiger charge is 2.07. The number of hydrogen-bond acceptors (Lipinski definition) is 4. The van der Waals surface area contributed by atoms with Gasteiger partial charge in [-0.3, -0.25) is 0 Å². The zero-order valence-electron chi connectivity index (χ0n) is 8.05. The molecule has 0 saturated carbocycles. The van der Waals surface area contributed by atoms with Gasteiger partial charge in [-0.25, -0.2) is 0 Å². The fourth-order valence-corrected chi connectivity index (χ4v) is 1.36. The third-order valence-electron chi connectivity index (χ3n) is 2.20. The topological polar surface area (TPSA) is 66.5 Å². The minimum atomic E-state index is -0.0725. The highest BCUT2D eigenvalue weighted by Crippen LogP contribution is 2.16. The average molecular weight is 205 g/mol. The number of hydrogen-bond donors (Lipinski definition) is 2. The third-order valence-corrected chi connectivity index (χ3v) is 2.20. The van der Waals surface area contributed by atoms with Gasteiger partial charge in [0.25, 0.3) is 0 Å². The molecule has 0 saturated heterocycles. The van der Waals surface area contributed by atoms with E-state index in [-0.39, 0.29) is 12.4 Å². The van der Waals surface area contributed by atoms with Gasteiger partial charge in [-0.05, 0) is 17.7 Å². The minimum absolute atomic E-state index is 0.0725. The Balaban J connectivity index is 2.18. The fourth-order valence-electron chi connectivity index (χ4n) is 1.36. The molecule has 1 aromatic heterocycles. The largest absolute Gasteiger partial charge is 0.508 e. The lowest BCUT2D eigenvalue weighted by Gasteiger charge is -1.99. The van der Waals surface area contributed by atoms with Crippen LogP contribution in [0.25, 0.3) is 0 Å². The number of aliphatic hydroxyl groups is 1. The molecular formula is C11H11NO3. The van der Waals surface area contributed by atoms with Crippen LogP contribution >= 0.6 is 0 Å². The van der Waals surface area contributed by atoms with Crippen molar-refractivity contribution in [3.63, 3.8) is 0 Å². The molecule has 0 spiro atoms. The summed E-state index contributed by atoms with van der Waals surface area (Å²) >= 11 is 0. The van der Waals surface area contributed by atoms with Crippen LogP contribution in [0.15, 0.2) is 35.0 Å². The Bertz CT molecular complexity index is 433. The molecule has 1 aromatic carbocycles. The number of nitrogens with zero attached hydrogens (tertiary/aromatic N) is 1. The van der Waals surface area contributed by atoms with Gasteiger partial charge in [0.2, 0.25) is 0 Å². The van der Waals surface area contributed by atoms with Gasteiger partial charge in [-0.1, -0.05) is 17.3 Å². The van der Waals surface area contributed by atoms with Crippen molar-refractivity contribution in [2.75, 3.05) is 0 Å². The fraction of sp³-hybridized carbons (Fsp3) is 0.182. The van der Waals surface area contributed by atoms with Crippen molar-refractivity contribution < 1.29 is 14.7 Å². The lowest BCUT2D eigenvalue weighted by Crippen LogP contribution is -1.91. The number of aromatic hydroxyl groups is 1. The van der Waals surface area contributed by atoms with Crippen molar-refractivity contribution in [2.45, 2.75) is 13.0 Å². The van der Waals surface area contributed by atoms with Crippen LogP contribution in [-0.4, -0.2) is 15.4 Å². The zero-order valence-corrected chi connectivity index (χ0v) is 8.05. The Hall–Kier alpha value is -1.81. The molecule has 4 nitrogen and oxygen atoms in total. The molecule has 0 aliphatic carbocycles. The molecule has 2 aromatic rings. The molecule has 0 aliphatic rings. The SMILES string of the molecule is OCc1cnoc1Cc1ccc(O)cc1. The van der Waals surface area contributed by atoms with Crippen LogP contribution in [0.3, 0.4) is 0 Å². The second-order valence-corrected chi connectivity index (χ2v) is 3.28. The highest BCUT2D eigenvalue weighted by molar-refractivity contribution is 5.29. The van der Waals surface area contributed by atoms with E-state index in [1.807, 2.05) is 0 Å². The molecule has 15 heavy (non-hydrogen) atoms. The lowest BCUT2D eigenvalue weighted by molar-refractivity contribution is 0.277. The van der Waals surface area contributed by atoms with Gasteiger partial charge in [0.15, 0.2) is 0 Å². The highest BCUT2D eigenvalue weighted by atomic mass is 16.5. The molecule has 0 fully saturated rings. The van der Waals surface area contributed by atoms with Crippen LogP contribution in [0.5, 0.6) is 5.75 Å². The average Bonchev–Trinajstić information content (AvgIpc) is 2.69. The molecule has 2 N–H and O–H groups in total. The second-order valence-electron chi connectivity index (χ2n) is 3.28. The van der Waals surface area contributed by atoms with E-state index in [9.17, 15) is 0 Å². The van der Waals surface area contributed by atoms with Crippen molar-refractivity contribution in [3.8, 4) is 5.75 Å². The monoisotopic (exact) mass is 205 g/mol. The summed E-state index contributed by atoms with van der Waals surface area (Å²) in [6, 6.07) is 6.84. The van der Waals surface area contributed by atoms with E-state index in [1.54, 1.807) is 24.3 Å². The molecule has 4 heteroatoms. The summed E-state index contributed by atoms with van der Waals surface area (Å²) in [5.41, 5.74) is 1.70. The van der Waals surface area contributed by atoms with Crippen molar-refractivity contribution >= 4 is 0 Å². The van der Waals surface area contributed by atoms with Crippen molar-refractivity contribution in [2.24, 2.45) is 0 Å². The van der Waals surface area contributed by atoms with Crippen LogP contribution in [0.2, 0.25) is 0 Å². The van der Waals surface area contributed by atoms with Crippen LogP contribution in [0, 0.1) is 0 Å². The van der Waals surface area contributed by atoms with Gasteiger partial charge in [0.1, 0.15) is 11.5 Å². The van der Waals surface area contributed by atoms with E-state index >= 15 is 0 Å². The van der Waals surface area contributed by atoms with E-state index in [2.05, 4.69) is 5.16 Å². The Morgan fingerprint density at radius 1 is 1.20 bits per heavy atom. The molecule has 2 rings (SSSR count). The maximum absolute atomic E-state index is 9.11. The van der Waals surface area contributed by atoms with Gasteiger partial charge >= 0.3 is 0 Å². The van der Waals surface area contributed by atoms with Gasteiger partial charge in [-0.15, -0.1) is 0 Å². The first-order valence-electron chi connectivity index (χ1n) is 4.61. The molecule has 0 amide bonds. The number of aliphatic hydroxyl groups excluding tert-OH is 1.